The van der Waals surface area contributed by atoms with Crippen molar-refractivity contribution in [1.82, 2.24) is 9.97 Å². The minimum absolute atomic E-state index is 0.0228. The van der Waals surface area contributed by atoms with E-state index in [1.54, 1.807) is 49.4 Å². The quantitative estimate of drug-likeness (QED) is 0.649. The molecule has 0 bridgehead atoms. The van der Waals surface area contributed by atoms with Crippen LogP contribution in [-0.4, -0.2) is 22.0 Å². The standard InChI is InChI=1S/C22H21N5O2/c1-14(2)29-20-11-7-6-10-18(20)25-21(28)19-12-15(3)24-22(27-19)26-17-9-5-4-8-16(17)13-23/h4-12,14H,1-3H3,(H,25,28)(H,24,26,27). The van der Waals surface area contributed by atoms with Gasteiger partial charge in [-0.15, -0.1) is 0 Å². The summed E-state index contributed by atoms with van der Waals surface area (Å²) in [6.45, 7) is 5.61. The Kier molecular flexibility index (Phi) is 6.05. The van der Waals surface area contributed by atoms with Crippen molar-refractivity contribution in [2.24, 2.45) is 0 Å². The summed E-state index contributed by atoms with van der Waals surface area (Å²) in [5.41, 5.74) is 2.42. The van der Waals surface area contributed by atoms with Crippen LogP contribution in [-0.2, 0) is 0 Å². The number of para-hydroxylation sites is 3. The van der Waals surface area contributed by atoms with Gasteiger partial charge in [0.1, 0.15) is 17.5 Å². The third-order valence-corrected chi connectivity index (χ3v) is 3.88. The third kappa shape index (κ3) is 5.08. The average molecular weight is 387 g/mol. The lowest BCUT2D eigenvalue weighted by Gasteiger charge is -2.15. The highest BCUT2D eigenvalue weighted by Gasteiger charge is 2.14. The molecule has 0 unspecified atom stereocenters. The number of nitriles is 1. The first-order valence-corrected chi connectivity index (χ1v) is 9.15. The second-order valence-electron chi connectivity index (χ2n) is 6.62. The van der Waals surface area contributed by atoms with Gasteiger partial charge < -0.3 is 15.4 Å². The monoisotopic (exact) mass is 387 g/mol. The molecule has 0 atom stereocenters. The van der Waals surface area contributed by atoms with E-state index in [4.69, 9.17) is 4.74 Å². The van der Waals surface area contributed by atoms with E-state index in [0.29, 0.717) is 28.4 Å². The first kappa shape index (κ1) is 19.8. The minimum Gasteiger partial charge on any atom is -0.489 e. The van der Waals surface area contributed by atoms with Crippen LogP contribution >= 0.6 is 0 Å². The number of ether oxygens (including phenoxy) is 1. The number of amides is 1. The van der Waals surface area contributed by atoms with Crippen molar-refractivity contribution in [2.45, 2.75) is 26.9 Å². The summed E-state index contributed by atoms with van der Waals surface area (Å²) in [6.07, 6.45) is -0.0228. The lowest BCUT2D eigenvalue weighted by molar-refractivity contribution is 0.102. The number of rotatable bonds is 6. The normalized spacial score (nSPS) is 10.3. The van der Waals surface area contributed by atoms with Crippen molar-refractivity contribution in [3.63, 3.8) is 0 Å². The molecule has 0 spiro atoms. The van der Waals surface area contributed by atoms with E-state index in [1.165, 1.54) is 0 Å². The van der Waals surface area contributed by atoms with Gasteiger partial charge in [0.15, 0.2) is 0 Å². The summed E-state index contributed by atoms with van der Waals surface area (Å²) in [7, 11) is 0. The summed E-state index contributed by atoms with van der Waals surface area (Å²) in [6, 6.07) is 18.0. The maximum absolute atomic E-state index is 12.8. The topological polar surface area (TPSA) is 99.9 Å². The van der Waals surface area contributed by atoms with Gasteiger partial charge in [0.05, 0.1) is 23.0 Å². The molecule has 1 heterocycles. The van der Waals surface area contributed by atoms with Crippen LogP contribution in [0.5, 0.6) is 5.75 Å². The highest BCUT2D eigenvalue weighted by atomic mass is 16.5. The van der Waals surface area contributed by atoms with E-state index in [0.717, 1.165) is 0 Å². The zero-order valence-corrected chi connectivity index (χ0v) is 16.4. The molecule has 146 valence electrons. The van der Waals surface area contributed by atoms with Gasteiger partial charge in [0.2, 0.25) is 5.95 Å². The number of aromatic nitrogens is 2. The summed E-state index contributed by atoms with van der Waals surface area (Å²) >= 11 is 0. The zero-order chi connectivity index (χ0) is 20.8. The molecular formula is C22H21N5O2. The number of anilines is 3. The molecule has 0 aliphatic carbocycles. The molecule has 3 aromatic rings. The molecule has 0 radical (unpaired) electrons. The van der Waals surface area contributed by atoms with Gasteiger partial charge in [-0.25, -0.2) is 9.97 Å². The number of nitrogens with zero attached hydrogens (tertiary/aromatic N) is 3. The fourth-order valence-corrected chi connectivity index (χ4v) is 2.66. The van der Waals surface area contributed by atoms with Gasteiger partial charge in [0, 0.05) is 5.69 Å². The largest absolute Gasteiger partial charge is 0.489 e. The third-order valence-electron chi connectivity index (χ3n) is 3.88. The second-order valence-corrected chi connectivity index (χ2v) is 6.62. The lowest BCUT2D eigenvalue weighted by atomic mass is 10.2. The van der Waals surface area contributed by atoms with E-state index < -0.39 is 0 Å². The number of hydrogen-bond acceptors (Lipinski definition) is 6. The van der Waals surface area contributed by atoms with E-state index in [2.05, 4.69) is 26.7 Å². The van der Waals surface area contributed by atoms with E-state index >= 15 is 0 Å². The summed E-state index contributed by atoms with van der Waals surface area (Å²) in [5, 5.41) is 15.1. The Morgan fingerprint density at radius 1 is 1.07 bits per heavy atom. The lowest BCUT2D eigenvalue weighted by Crippen LogP contribution is -2.17. The fourth-order valence-electron chi connectivity index (χ4n) is 2.66. The van der Waals surface area contributed by atoms with Crippen molar-refractivity contribution < 1.29 is 9.53 Å². The first-order chi connectivity index (χ1) is 14.0. The highest BCUT2D eigenvalue weighted by molar-refractivity contribution is 6.04. The van der Waals surface area contributed by atoms with Crippen LogP contribution in [0.25, 0.3) is 0 Å². The molecule has 0 aliphatic heterocycles. The van der Waals surface area contributed by atoms with Crippen molar-refractivity contribution in [2.75, 3.05) is 10.6 Å². The zero-order valence-electron chi connectivity index (χ0n) is 16.4. The summed E-state index contributed by atoms with van der Waals surface area (Å²) in [5.74, 6) is 0.444. The van der Waals surface area contributed by atoms with E-state index in [-0.39, 0.29) is 23.7 Å². The molecule has 1 amide bonds. The van der Waals surface area contributed by atoms with Gasteiger partial charge in [-0.05, 0) is 51.1 Å². The van der Waals surface area contributed by atoms with Crippen LogP contribution < -0.4 is 15.4 Å². The van der Waals surface area contributed by atoms with Crippen molar-refractivity contribution in [1.29, 1.82) is 5.26 Å². The average Bonchev–Trinajstić information content (AvgIpc) is 2.69. The number of benzene rings is 2. The Morgan fingerprint density at radius 3 is 2.48 bits per heavy atom. The van der Waals surface area contributed by atoms with Gasteiger partial charge in [-0.2, -0.15) is 5.26 Å². The molecule has 0 saturated heterocycles. The number of carbonyl (C=O) groups is 1. The molecular weight excluding hydrogens is 366 g/mol. The predicted octanol–water partition coefficient (Wildman–Crippen LogP) is 4.44. The SMILES string of the molecule is Cc1cc(C(=O)Nc2ccccc2OC(C)C)nc(Nc2ccccc2C#N)n1. The molecule has 0 aliphatic rings. The Labute approximate surface area is 169 Å². The minimum atomic E-state index is -0.382. The van der Waals surface area contributed by atoms with Crippen LogP contribution in [0.3, 0.4) is 0 Å². The molecule has 0 saturated carbocycles. The Hall–Kier alpha value is -3.92. The van der Waals surface area contributed by atoms with Crippen LogP contribution in [0.4, 0.5) is 17.3 Å². The number of aryl methyl sites for hydroxylation is 1. The van der Waals surface area contributed by atoms with Crippen LogP contribution in [0.2, 0.25) is 0 Å². The number of nitrogens with one attached hydrogen (secondary N) is 2. The molecule has 2 N–H and O–H groups in total. The molecule has 7 heteroatoms. The van der Waals surface area contributed by atoms with Gasteiger partial charge in [0.25, 0.3) is 5.91 Å². The molecule has 1 aromatic heterocycles. The van der Waals surface area contributed by atoms with Crippen LogP contribution in [0.1, 0.15) is 35.6 Å². The molecule has 29 heavy (non-hydrogen) atoms. The Balaban J connectivity index is 1.85. The smallest absolute Gasteiger partial charge is 0.274 e. The maximum atomic E-state index is 12.8. The van der Waals surface area contributed by atoms with Crippen molar-refractivity contribution in [3.05, 3.63) is 71.5 Å². The van der Waals surface area contributed by atoms with Gasteiger partial charge in [-0.3, -0.25) is 4.79 Å². The Bertz CT molecular complexity index is 1070. The molecule has 7 nitrogen and oxygen atoms in total. The molecule has 0 fully saturated rings. The van der Waals surface area contributed by atoms with Gasteiger partial charge in [-0.1, -0.05) is 24.3 Å². The van der Waals surface area contributed by atoms with Crippen molar-refractivity contribution in [3.8, 4) is 11.8 Å². The second kappa shape index (κ2) is 8.85. The molecule has 2 aromatic carbocycles. The predicted molar refractivity (Wildman–Crippen MR) is 111 cm³/mol. The summed E-state index contributed by atoms with van der Waals surface area (Å²) < 4.78 is 5.74. The highest BCUT2D eigenvalue weighted by Crippen LogP contribution is 2.25. The fraction of sp³-hybridized carbons (Fsp3) is 0.182. The molecule has 3 rings (SSSR count). The first-order valence-electron chi connectivity index (χ1n) is 9.15. The van der Waals surface area contributed by atoms with Crippen LogP contribution in [0.15, 0.2) is 54.6 Å². The van der Waals surface area contributed by atoms with Crippen LogP contribution in [0, 0.1) is 18.3 Å². The summed E-state index contributed by atoms with van der Waals surface area (Å²) in [4.78, 5) is 21.4. The number of hydrogen-bond donors (Lipinski definition) is 2. The Morgan fingerprint density at radius 2 is 1.76 bits per heavy atom. The van der Waals surface area contributed by atoms with Gasteiger partial charge >= 0.3 is 0 Å². The number of carbonyl (C=O) groups excluding carboxylic acids is 1. The van der Waals surface area contributed by atoms with E-state index in [1.807, 2.05) is 26.0 Å². The van der Waals surface area contributed by atoms with Crippen molar-refractivity contribution >= 4 is 23.2 Å². The van der Waals surface area contributed by atoms with E-state index in [9.17, 15) is 10.1 Å². The maximum Gasteiger partial charge on any atom is 0.274 e.